The molecule has 0 saturated heterocycles. The number of ketones is 1. The monoisotopic (exact) mass is 434 g/mol. The molecule has 0 aliphatic carbocycles. The summed E-state index contributed by atoms with van der Waals surface area (Å²) in [5.41, 5.74) is 4.18. The molecule has 0 unspecified atom stereocenters. The molecule has 4 aromatic rings. The predicted molar refractivity (Wildman–Crippen MR) is 133 cm³/mol. The Morgan fingerprint density at radius 1 is 0.581 bits per heavy atom. The first-order valence-corrected chi connectivity index (χ1v) is 15.4. The van der Waals surface area contributed by atoms with Gasteiger partial charge in [0.05, 0.1) is 0 Å². The van der Waals surface area contributed by atoms with Gasteiger partial charge < -0.3 is 4.74 Å². The van der Waals surface area contributed by atoms with Crippen molar-refractivity contribution in [3.05, 3.63) is 96.1 Å². The number of hydrogen-bond donors (Lipinski definition) is 0. The van der Waals surface area contributed by atoms with Crippen molar-refractivity contribution in [2.45, 2.75) is 13.1 Å². The van der Waals surface area contributed by atoms with E-state index in [0.29, 0.717) is 0 Å². The van der Waals surface area contributed by atoms with E-state index < -0.39 is 17.6 Å². The fourth-order valence-electron chi connectivity index (χ4n) is 5.08. The lowest BCUT2D eigenvalue weighted by atomic mass is 9.98. The van der Waals surface area contributed by atoms with E-state index in [0.717, 1.165) is 22.6 Å². The number of fused-ring (bicyclic) bond motifs is 4. The van der Waals surface area contributed by atoms with Gasteiger partial charge in [-0.15, -0.1) is 0 Å². The maximum Gasteiger partial charge on any atom is 0.192 e. The average Bonchev–Trinajstić information content (AvgIpc) is 2.82. The molecular weight excluding hydrogens is 412 g/mol. The molecule has 2 nitrogen and oxygen atoms in total. The van der Waals surface area contributed by atoms with E-state index in [1.165, 1.54) is 31.9 Å². The van der Waals surface area contributed by atoms with Gasteiger partial charge in [0.15, 0.2) is 5.78 Å². The Morgan fingerprint density at radius 2 is 1.16 bits per heavy atom. The highest BCUT2D eigenvalue weighted by Crippen LogP contribution is 2.28. The maximum absolute atomic E-state index is 13.1. The lowest BCUT2D eigenvalue weighted by Gasteiger charge is -2.26. The second kappa shape index (κ2) is 6.90. The Labute approximate surface area is 185 Å². The molecule has 0 radical (unpaired) electrons. The van der Waals surface area contributed by atoms with Gasteiger partial charge in [0.25, 0.3) is 0 Å². The molecule has 2 aliphatic heterocycles. The van der Waals surface area contributed by atoms with E-state index in [1.807, 2.05) is 24.3 Å². The summed E-state index contributed by atoms with van der Waals surface area (Å²) in [4.78, 5) is 13.1. The van der Waals surface area contributed by atoms with Crippen LogP contribution in [-0.4, -0.2) is 23.4 Å². The van der Waals surface area contributed by atoms with Crippen molar-refractivity contribution < 1.29 is 9.53 Å². The van der Waals surface area contributed by atoms with Crippen LogP contribution in [0.3, 0.4) is 0 Å². The first kappa shape index (κ1) is 18.5. The number of rotatable bonds is 1. The molecule has 31 heavy (non-hydrogen) atoms. The summed E-state index contributed by atoms with van der Waals surface area (Å²) in [5.74, 6) is 2.17. The quantitative estimate of drug-likeness (QED) is 0.431. The average molecular weight is 435 g/mol. The standard InChI is InChI=1S/C27H22O2Si2/c1-30-23-9-5-3-7-19(23)27(28)20-13-11-17(15-25(20)30)18-12-14-22-26(16-18)31(2)24-10-6-4-8-21(24)29-22/h3-16,30-31H,1-2H3/t30-,31+/m1/s1. The zero-order valence-electron chi connectivity index (χ0n) is 17.6. The van der Waals surface area contributed by atoms with Crippen LogP contribution in [0.2, 0.25) is 13.1 Å². The van der Waals surface area contributed by atoms with Crippen molar-refractivity contribution in [3.8, 4) is 22.6 Å². The molecule has 0 aromatic heterocycles. The highest BCUT2D eigenvalue weighted by atomic mass is 28.3. The van der Waals surface area contributed by atoms with E-state index in [1.54, 1.807) is 0 Å². The summed E-state index contributed by atoms with van der Waals surface area (Å²) in [5, 5.41) is 5.22. The van der Waals surface area contributed by atoms with Gasteiger partial charge in [0.2, 0.25) is 0 Å². The van der Waals surface area contributed by atoms with Gasteiger partial charge in [0.1, 0.15) is 29.1 Å². The number of ether oxygens (including phenoxy) is 1. The smallest absolute Gasteiger partial charge is 0.192 e. The van der Waals surface area contributed by atoms with Crippen LogP contribution in [0, 0.1) is 0 Å². The molecule has 0 bridgehead atoms. The van der Waals surface area contributed by atoms with Crippen molar-refractivity contribution in [2.75, 3.05) is 0 Å². The largest absolute Gasteiger partial charge is 0.458 e. The highest BCUT2D eigenvalue weighted by molar-refractivity contribution is 6.87. The Balaban J connectivity index is 1.43. The minimum atomic E-state index is -1.40. The van der Waals surface area contributed by atoms with Gasteiger partial charge in [-0.25, -0.2) is 0 Å². The van der Waals surface area contributed by atoms with Crippen molar-refractivity contribution in [2.24, 2.45) is 0 Å². The summed E-state index contributed by atoms with van der Waals surface area (Å²) in [6.07, 6.45) is 0. The minimum absolute atomic E-state index is 0.166. The zero-order valence-corrected chi connectivity index (χ0v) is 19.9. The third-order valence-corrected chi connectivity index (χ3v) is 12.5. The van der Waals surface area contributed by atoms with Crippen molar-refractivity contribution in [3.63, 3.8) is 0 Å². The molecule has 0 amide bonds. The van der Waals surface area contributed by atoms with Gasteiger partial charge in [-0.2, -0.15) is 0 Å². The zero-order chi connectivity index (χ0) is 21.1. The molecule has 2 atom stereocenters. The van der Waals surface area contributed by atoms with Gasteiger partial charge >= 0.3 is 0 Å². The maximum atomic E-state index is 13.1. The molecule has 0 fully saturated rings. The fraction of sp³-hybridized carbons (Fsp3) is 0.0741. The molecule has 0 spiro atoms. The highest BCUT2D eigenvalue weighted by Gasteiger charge is 2.30. The fourth-order valence-corrected chi connectivity index (χ4v) is 9.96. The molecule has 2 heterocycles. The lowest BCUT2D eigenvalue weighted by Crippen LogP contribution is -2.49. The minimum Gasteiger partial charge on any atom is -0.458 e. The third kappa shape index (κ3) is 2.79. The molecule has 6 rings (SSSR count). The molecule has 150 valence electrons. The van der Waals surface area contributed by atoms with Crippen molar-refractivity contribution in [1.29, 1.82) is 0 Å². The van der Waals surface area contributed by atoms with Gasteiger partial charge in [-0.1, -0.05) is 85.9 Å². The third-order valence-electron chi connectivity index (χ3n) is 6.85. The Kier molecular flexibility index (Phi) is 4.13. The first-order chi connectivity index (χ1) is 15.1. The van der Waals surface area contributed by atoms with Crippen LogP contribution in [0.5, 0.6) is 11.5 Å². The van der Waals surface area contributed by atoms with Crippen LogP contribution in [0.4, 0.5) is 0 Å². The molecular formula is C27H22O2Si2. The van der Waals surface area contributed by atoms with E-state index in [2.05, 4.69) is 73.8 Å². The number of hydrogen-bond acceptors (Lipinski definition) is 2. The SMILES string of the molecule is C[Si@H]1c2ccccc2Oc2ccc(-c3ccc4c(c3)[Si@H](C)c3ccccc3C4=O)cc21. The first-order valence-electron chi connectivity index (χ1n) is 10.8. The van der Waals surface area contributed by atoms with Crippen LogP contribution in [0.25, 0.3) is 11.1 Å². The van der Waals surface area contributed by atoms with E-state index in [-0.39, 0.29) is 5.78 Å². The molecule has 4 aromatic carbocycles. The van der Waals surface area contributed by atoms with Crippen LogP contribution in [-0.2, 0) is 0 Å². The summed E-state index contributed by atoms with van der Waals surface area (Å²) < 4.78 is 6.20. The topological polar surface area (TPSA) is 26.3 Å². The van der Waals surface area contributed by atoms with Gasteiger partial charge in [0, 0.05) is 11.1 Å². The van der Waals surface area contributed by atoms with E-state index in [9.17, 15) is 4.79 Å². The predicted octanol–water partition coefficient (Wildman–Crippen LogP) is 2.95. The van der Waals surface area contributed by atoms with Crippen LogP contribution in [0.15, 0.2) is 84.9 Å². The van der Waals surface area contributed by atoms with Crippen LogP contribution in [0.1, 0.15) is 15.9 Å². The molecule has 4 heteroatoms. The summed E-state index contributed by atoms with van der Waals surface area (Å²) in [6.45, 7) is 4.71. The van der Waals surface area contributed by atoms with Crippen molar-refractivity contribution >= 4 is 44.1 Å². The Bertz CT molecular complexity index is 1380. The molecule has 0 N–H and O–H groups in total. The van der Waals surface area contributed by atoms with Crippen molar-refractivity contribution in [1.82, 2.24) is 0 Å². The second-order valence-electron chi connectivity index (χ2n) is 8.55. The van der Waals surface area contributed by atoms with E-state index in [4.69, 9.17) is 4.74 Å². The Morgan fingerprint density at radius 3 is 2.00 bits per heavy atom. The number of carbonyl (C=O) groups excluding carboxylic acids is 1. The van der Waals surface area contributed by atoms with Crippen LogP contribution >= 0.6 is 0 Å². The number of benzene rings is 4. The number of carbonyl (C=O) groups is 1. The lowest BCUT2D eigenvalue weighted by molar-refractivity contribution is 0.104. The summed E-state index contributed by atoms with van der Waals surface area (Å²) in [7, 11) is -2.70. The number of para-hydroxylation sites is 1. The van der Waals surface area contributed by atoms with Crippen LogP contribution < -0.4 is 25.5 Å². The molecule has 2 aliphatic rings. The summed E-state index contributed by atoms with van der Waals surface area (Å²) in [6, 6.07) is 29.6. The second-order valence-corrected chi connectivity index (χ2v) is 13.9. The van der Waals surface area contributed by atoms with Gasteiger partial charge in [-0.05, 0) is 44.0 Å². The normalized spacial score (nSPS) is 18.3. The summed E-state index contributed by atoms with van der Waals surface area (Å²) >= 11 is 0. The van der Waals surface area contributed by atoms with E-state index >= 15 is 0 Å². The Hall–Kier alpha value is -3.22. The molecule has 0 saturated carbocycles. The van der Waals surface area contributed by atoms with Gasteiger partial charge in [-0.3, -0.25) is 4.79 Å².